The Morgan fingerprint density at radius 3 is 2.12 bits per heavy atom. The first-order valence-electron chi connectivity index (χ1n) is 8.48. The van der Waals surface area contributed by atoms with Crippen LogP contribution in [-0.4, -0.2) is 51.0 Å². The van der Waals surface area contributed by atoms with Gasteiger partial charge in [-0.1, -0.05) is 45.0 Å². The van der Waals surface area contributed by atoms with Crippen LogP contribution in [0, 0.1) is 0 Å². The second-order valence-corrected chi connectivity index (χ2v) is 7.16. The highest BCUT2D eigenvalue weighted by Crippen LogP contribution is 2.22. The minimum absolute atomic E-state index is 0. The molecule has 0 aliphatic heterocycles. The Hall–Kier alpha value is -1.31. The maximum absolute atomic E-state index is 11.5. The van der Waals surface area contributed by atoms with Crippen LogP contribution in [0.2, 0.25) is 0 Å². The molecule has 0 aliphatic rings. The van der Waals surface area contributed by atoms with Gasteiger partial charge in [0, 0.05) is 40.7 Å². The first-order valence-corrected chi connectivity index (χ1v) is 8.48. The highest BCUT2D eigenvalue weighted by atomic mass is 127. The van der Waals surface area contributed by atoms with Gasteiger partial charge < -0.3 is 15.5 Å². The molecule has 0 heterocycles. The zero-order chi connectivity index (χ0) is 18.2. The van der Waals surface area contributed by atoms with Crippen LogP contribution < -0.4 is 10.6 Å². The lowest BCUT2D eigenvalue weighted by atomic mass is 9.86. The van der Waals surface area contributed by atoms with Crippen molar-refractivity contribution < 1.29 is 4.79 Å². The van der Waals surface area contributed by atoms with Gasteiger partial charge in [0.05, 0.1) is 0 Å². The average molecular weight is 460 g/mol. The van der Waals surface area contributed by atoms with E-state index in [0.29, 0.717) is 13.0 Å². The summed E-state index contributed by atoms with van der Waals surface area (Å²) in [5.41, 5.74) is 2.84. The van der Waals surface area contributed by atoms with Crippen LogP contribution in [0.1, 0.15) is 38.3 Å². The van der Waals surface area contributed by atoms with Crippen LogP contribution in [0.5, 0.6) is 0 Å². The molecule has 0 atom stereocenters. The number of guanidine groups is 1. The van der Waals surface area contributed by atoms with Crippen LogP contribution in [-0.2, 0) is 16.6 Å². The summed E-state index contributed by atoms with van der Waals surface area (Å²) in [5.74, 6) is 0.838. The Bertz CT molecular complexity index is 548. The molecule has 6 heteroatoms. The molecule has 0 spiro atoms. The molecule has 25 heavy (non-hydrogen) atoms. The maximum atomic E-state index is 11.5. The molecule has 0 aromatic heterocycles. The molecular weight excluding hydrogens is 427 g/mol. The third-order valence-corrected chi connectivity index (χ3v) is 3.88. The highest BCUT2D eigenvalue weighted by Gasteiger charge is 2.12. The second kappa shape index (κ2) is 11.3. The lowest BCUT2D eigenvalue weighted by Crippen LogP contribution is -2.40. The van der Waals surface area contributed by atoms with Crippen molar-refractivity contribution in [3.8, 4) is 0 Å². The molecule has 1 amide bonds. The van der Waals surface area contributed by atoms with Gasteiger partial charge in [0.25, 0.3) is 0 Å². The number of hydrogen-bond donors (Lipinski definition) is 2. The Kier molecular flexibility index (Phi) is 10.7. The molecule has 1 aromatic rings. The lowest BCUT2D eigenvalue weighted by Gasteiger charge is -2.19. The van der Waals surface area contributed by atoms with Gasteiger partial charge in [-0.15, -0.1) is 24.0 Å². The molecule has 2 N–H and O–H groups in total. The predicted molar refractivity (Wildman–Crippen MR) is 117 cm³/mol. The molecule has 0 unspecified atom stereocenters. The Morgan fingerprint density at radius 1 is 1.08 bits per heavy atom. The first-order chi connectivity index (χ1) is 11.2. The Balaban J connectivity index is 0.00000576. The van der Waals surface area contributed by atoms with E-state index in [2.05, 4.69) is 60.7 Å². The van der Waals surface area contributed by atoms with Gasteiger partial charge >= 0.3 is 0 Å². The molecule has 0 saturated carbocycles. The molecule has 0 saturated heterocycles. The maximum Gasteiger partial charge on any atom is 0.223 e. The van der Waals surface area contributed by atoms with Crippen molar-refractivity contribution >= 4 is 35.8 Å². The van der Waals surface area contributed by atoms with E-state index in [0.717, 1.165) is 18.9 Å². The average Bonchev–Trinajstić information content (AvgIpc) is 2.52. The normalized spacial score (nSPS) is 11.5. The standard InChI is InChI=1S/C19H32N4O.HI/c1-19(2,3)16-9-7-15(8-10-16)11-13-21-18(20-4)22-14-12-17(24)23(5)6;/h7-10H,11-14H2,1-6H3,(H2,20,21,22);1H. The van der Waals surface area contributed by atoms with Crippen LogP contribution >= 0.6 is 24.0 Å². The monoisotopic (exact) mass is 460 g/mol. The van der Waals surface area contributed by atoms with Crippen LogP contribution in [0.15, 0.2) is 29.3 Å². The fraction of sp³-hybridized carbons (Fsp3) is 0.579. The molecule has 0 radical (unpaired) electrons. The van der Waals surface area contributed by atoms with Crippen molar-refractivity contribution in [2.75, 3.05) is 34.2 Å². The van der Waals surface area contributed by atoms with E-state index in [1.165, 1.54) is 11.1 Å². The summed E-state index contributed by atoms with van der Waals surface area (Å²) in [6.07, 6.45) is 1.39. The minimum Gasteiger partial charge on any atom is -0.356 e. The quantitative estimate of drug-likeness (QED) is 0.390. The van der Waals surface area contributed by atoms with Gasteiger partial charge in [-0.3, -0.25) is 9.79 Å². The summed E-state index contributed by atoms with van der Waals surface area (Å²) < 4.78 is 0. The van der Waals surface area contributed by atoms with Gasteiger partial charge in [-0.05, 0) is 23.0 Å². The molecule has 5 nitrogen and oxygen atoms in total. The number of nitrogens with zero attached hydrogens (tertiary/aromatic N) is 2. The number of amides is 1. The largest absolute Gasteiger partial charge is 0.356 e. The zero-order valence-electron chi connectivity index (χ0n) is 16.3. The third kappa shape index (κ3) is 9.09. The number of halogens is 1. The van der Waals surface area contributed by atoms with Gasteiger partial charge in [0.15, 0.2) is 5.96 Å². The summed E-state index contributed by atoms with van der Waals surface area (Å²) in [5, 5.41) is 6.44. The van der Waals surface area contributed by atoms with E-state index in [1.807, 2.05) is 0 Å². The van der Waals surface area contributed by atoms with E-state index < -0.39 is 0 Å². The van der Waals surface area contributed by atoms with E-state index in [-0.39, 0.29) is 35.3 Å². The molecule has 0 fully saturated rings. The van der Waals surface area contributed by atoms with Gasteiger partial charge in [-0.25, -0.2) is 0 Å². The van der Waals surface area contributed by atoms with Crippen LogP contribution in [0.4, 0.5) is 0 Å². The lowest BCUT2D eigenvalue weighted by molar-refractivity contribution is -0.128. The van der Waals surface area contributed by atoms with Crippen molar-refractivity contribution in [1.82, 2.24) is 15.5 Å². The van der Waals surface area contributed by atoms with Crippen molar-refractivity contribution in [3.05, 3.63) is 35.4 Å². The van der Waals surface area contributed by atoms with Crippen molar-refractivity contribution in [2.24, 2.45) is 4.99 Å². The first kappa shape index (κ1) is 23.7. The summed E-state index contributed by atoms with van der Waals surface area (Å²) in [6, 6.07) is 8.78. The summed E-state index contributed by atoms with van der Waals surface area (Å²) in [7, 11) is 5.27. The number of nitrogens with one attached hydrogen (secondary N) is 2. The molecule has 1 aromatic carbocycles. The third-order valence-electron chi connectivity index (χ3n) is 3.88. The number of hydrogen-bond acceptors (Lipinski definition) is 2. The van der Waals surface area contributed by atoms with E-state index in [1.54, 1.807) is 26.0 Å². The smallest absolute Gasteiger partial charge is 0.223 e. The topological polar surface area (TPSA) is 56.7 Å². The number of benzene rings is 1. The molecule has 0 aliphatic carbocycles. The minimum atomic E-state index is 0. The number of carbonyl (C=O) groups is 1. The molecule has 142 valence electrons. The Labute approximate surface area is 169 Å². The summed E-state index contributed by atoms with van der Waals surface area (Å²) >= 11 is 0. The number of carbonyl (C=O) groups excluding carboxylic acids is 1. The highest BCUT2D eigenvalue weighted by molar-refractivity contribution is 14.0. The summed E-state index contributed by atoms with van der Waals surface area (Å²) in [6.45, 7) is 8.05. The summed E-state index contributed by atoms with van der Waals surface area (Å²) in [4.78, 5) is 17.3. The van der Waals surface area contributed by atoms with Gasteiger partial charge in [0.1, 0.15) is 0 Å². The van der Waals surface area contributed by atoms with Gasteiger partial charge in [-0.2, -0.15) is 0 Å². The fourth-order valence-electron chi connectivity index (χ4n) is 2.23. The fourth-order valence-corrected chi connectivity index (χ4v) is 2.23. The van der Waals surface area contributed by atoms with Crippen LogP contribution in [0.3, 0.4) is 0 Å². The number of aliphatic imine (C=N–C) groups is 1. The van der Waals surface area contributed by atoms with Crippen LogP contribution in [0.25, 0.3) is 0 Å². The second-order valence-electron chi connectivity index (χ2n) is 7.16. The SMILES string of the molecule is CN=C(NCCC(=O)N(C)C)NCCc1ccc(C(C)(C)C)cc1.I. The van der Waals surface area contributed by atoms with Crippen molar-refractivity contribution in [1.29, 1.82) is 0 Å². The van der Waals surface area contributed by atoms with E-state index in [9.17, 15) is 4.79 Å². The van der Waals surface area contributed by atoms with Crippen molar-refractivity contribution in [3.63, 3.8) is 0 Å². The van der Waals surface area contributed by atoms with Gasteiger partial charge in [0.2, 0.25) is 5.91 Å². The zero-order valence-corrected chi connectivity index (χ0v) is 18.7. The molecule has 1 rings (SSSR count). The molecule has 0 bridgehead atoms. The van der Waals surface area contributed by atoms with Crippen molar-refractivity contribution in [2.45, 2.75) is 39.0 Å². The van der Waals surface area contributed by atoms with E-state index >= 15 is 0 Å². The number of rotatable bonds is 6. The Morgan fingerprint density at radius 2 is 1.64 bits per heavy atom. The molecular formula is C19H33IN4O. The van der Waals surface area contributed by atoms with E-state index in [4.69, 9.17) is 0 Å². The predicted octanol–water partition coefficient (Wildman–Crippen LogP) is 2.79.